The molecule has 0 radical (unpaired) electrons. The molecule has 5 heteroatoms. The van der Waals surface area contributed by atoms with Crippen LogP contribution < -0.4 is 14.2 Å². The summed E-state index contributed by atoms with van der Waals surface area (Å²) in [5, 5.41) is 0. The highest BCUT2D eigenvalue weighted by atomic mass is 16.5. The third-order valence-corrected chi connectivity index (χ3v) is 6.36. The van der Waals surface area contributed by atoms with Gasteiger partial charge >= 0.3 is 11.9 Å². The fourth-order valence-corrected chi connectivity index (χ4v) is 4.05. The van der Waals surface area contributed by atoms with Crippen LogP contribution in [-0.2, 0) is 6.42 Å². The minimum atomic E-state index is -0.471. The number of esters is 2. The number of carbonyl (C=O) groups excluding carboxylic acids is 2. The van der Waals surface area contributed by atoms with E-state index in [-0.39, 0.29) is 0 Å². The normalized spacial score (nSPS) is 10.7. The largest absolute Gasteiger partial charge is 0.494 e. The molecule has 3 aromatic rings. The molecule has 0 heterocycles. The molecule has 0 saturated carbocycles. The predicted octanol–water partition coefficient (Wildman–Crippen LogP) is 8.60. The van der Waals surface area contributed by atoms with Gasteiger partial charge in [-0.05, 0) is 85.5 Å². The van der Waals surface area contributed by atoms with E-state index in [1.807, 2.05) is 24.3 Å². The monoisotopic (exact) mass is 516 g/mol. The van der Waals surface area contributed by atoms with Crippen LogP contribution in [-0.4, -0.2) is 18.5 Å². The fraction of sp³-hybridized carbons (Fsp3) is 0.394. The Balaban J connectivity index is 1.43. The van der Waals surface area contributed by atoms with Gasteiger partial charge in [0.2, 0.25) is 0 Å². The van der Waals surface area contributed by atoms with E-state index in [0.717, 1.165) is 25.0 Å². The first-order valence-corrected chi connectivity index (χ1v) is 13.9. The minimum Gasteiger partial charge on any atom is -0.494 e. The molecular formula is C33H40O5. The maximum atomic E-state index is 12.5. The lowest BCUT2D eigenvalue weighted by atomic mass is 10.1. The Morgan fingerprint density at radius 3 is 1.53 bits per heavy atom. The molecule has 0 amide bonds. The van der Waals surface area contributed by atoms with Crippen molar-refractivity contribution in [3.63, 3.8) is 0 Å². The Bertz CT molecular complexity index is 1100. The third-order valence-electron chi connectivity index (χ3n) is 6.36. The second kappa shape index (κ2) is 16.3. The standard InChI is InChI=1S/C33H40O5/c1-3-5-7-8-9-11-25-36-29-21-15-27(16-22-29)32(34)38-31-23-17-28(18-24-31)33(35)37-30-19-13-26(14-20-30)12-10-6-4-2/h13-24H,3-12,25H2,1-2H3. The molecule has 0 N–H and O–H groups in total. The molecular weight excluding hydrogens is 476 g/mol. The number of carbonyl (C=O) groups is 2. The van der Waals surface area contributed by atoms with Gasteiger partial charge in [-0.1, -0.05) is 70.9 Å². The van der Waals surface area contributed by atoms with E-state index in [1.165, 1.54) is 50.5 Å². The first kappa shape index (κ1) is 29.0. The van der Waals surface area contributed by atoms with Gasteiger partial charge in [-0.2, -0.15) is 0 Å². The van der Waals surface area contributed by atoms with Gasteiger partial charge in [-0.25, -0.2) is 9.59 Å². The first-order valence-electron chi connectivity index (χ1n) is 13.9. The quantitative estimate of drug-likeness (QED) is 0.108. The second-order valence-electron chi connectivity index (χ2n) is 9.55. The smallest absolute Gasteiger partial charge is 0.343 e. The van der Waals surface area contributed by atoms with Crippen molar-refractivity contribution in [2.45, 2.75) is 78.1 Å². The zero-order valence-corrected chi connectivity index (χ0v) is 22.7. The third kappa shape index (κ3) is 10.0. The van der Waals surface area contributed by atoms with Gasteiger partial charge < -0.3 is 14.2 Å². The van der Waals surface area contributed by atoms with Crippen molar-refractivity contribution in [1.82, 2.24) is 0 Å². The van der Waals surface area contributed by atoms with Crippen LogP contribution in [0.25, 0.3) is 0 Å². The molecule has 0 unspecified atom stereocenters. The van der Waals surface area contributed by atoms with Crippen LogP contribution in [0.3, 0.4) is 0 Å². The fourth-order valence-electron chi connectivity index (χ4n) is 4.05. The number of rotatable bonds is 16. The molecule has 0 saturated heterocycles. The summed E-state index contributed by atoms with van der Waals surface area (Å²) < 4.78 is 16.7. The zero-order chi connectivity index (χ0) is 27.0. The van der Waals surface area contributed by atoms with E-state index >= 15 is 0 Å². The second-order valence-corrected chi connectivity index (χ2v) is 9.55. The summed E-state index contributed by atoms with van der Waals surface area (Å²) in [5.74, 6) is 0.666. The van der Waals surface area contributed by atoms with E-state index in [4.69, 9.17) is 14.2 Å². The van der Waals surface area contributed by atoms with Crippen LogP contribution in [0.2, 0.25) is 0 Å². The number of hydrogen-bond acceptors (Lipinski definition) is 5. The van der Waals surface area contributed by atoms with E-state index in [9.17, 15) is 9.59 Å². The average Bonchev–Trinajstić information content (AvgIpc) is 2.94. The molecule has 0 bridgehead atoms. The maximum Gasteiger partial charge on any atom is 0.343 e. The molecule has 3 aromatic carbocycles. The maximum absolute atomic E-state index is 12.5. The number of aryl methyl sites for hydroxylation is 1. The lowest BCUT2D eigenvalue weighted by molar-refractivity contribution is 0.0730. The Kier molecular flexibility index (Phi) is 12.4. The minimum absolute atomic E-state index is 0.353. The number of unbranched alkanes of at least 4 members (excludes halogenated alkanes) is 7. The summed E-state index contributed by atoms with van der Waals surface area (Å²) >= 11 is 0. The van der Waals surface area contributed by atoms with Gasteiger partial charge in [0, 0.05) is 0 Å². The van der Waals surface area contributed by atoms with Gasteiger partial charge in [-0.3, -0.25) is 0 Å². The van der Waals surface area contributed by atoms with Gasteiger partial charge in [0.15, 0.2) is 0 Å². The summed E-state index contributed by atoms with van der Waals surface area (Å²) in [7, 11) is 0. The van der Waals surface area contributed by atoms with E-state index < -0.39 is 11.9 Å². The number of hydrogen-bond donors (Lipinski definition) is 0. The Labute approximate surface area is 227 Å². The van der Waals surface area contributed by atoms with Crippen LogP contribution in [0.1, 0.15) is 97.9 Å². The molecule has 38 heavy (non-hydrogen) atoms. The van der Waals surface area contributed by atoms with Crippen LogP contribution in [0, 0.1) is 0 Å². The molecule has 202 valence electrons. The van der Waals surface area contributed by atoms with Gasteiger partial charge in [0.1, 0.15) is 17.2 Å². The first-order chi connectivity index (χ1) is 18.6. The Morgan fingerprint density at radius 1 is 0.526 bits per heavy atom. The summed E-state index contributed by atoms with van der Waals surface area (Å²) in [4.78, 5) is 25.0. The Morgan fingerprint density at radius 2 is 0.974 bits per heavy atom. The SMILES string of the molecule is CCCCCCCCOc1ccc(C(=O)Oc2ccc(C(=O)Oc3ccc(CCCCC)cc3)cc2)cc1. The van der Waals surface area contributed by atoms with Crippen LogP contribution >= 0.6 is 0 Å². The molecule has 0 fully saturated rings. The number of ether oxygens (including phenoxy) is 3. The molecule has 0 aromatic heterocycles. The topological polar surface area (TPSA) is 61.8 Å². The van der Waals surface area contributed by atoms with Gasteiger partial charge in [0.05, 0.1) is 17.7 Å². The highest BCUT2D eigenvalue weighted by molar-refractivity contribution is 5.92. The van der Waals surface area contributed by atoms with Crippen molar-refractivity contribution in [1.29, 1.82) is 0 Å². The molecule has 0 aliphatic rings. The molecule has 5 nitrogen and oxygen atoms in total. The van der Waals surface area contributed by atoms with Crippen molar-refractivity contribution in [3.05, 3.63) is 89.5 Å². The van der Waals surface area contributed by atoms with E-state index in [2.05, 4.69) is 13.8 Å². The molecule has 0 aliphatic carbocycles. The zero-order valence-electron chi connectivity index (χ0n) is 22.7. The van der Waals surface area contributed by atoms with Crippen LogP contribution in [0.4, 0.5) is 0 Å². The molecule has 0 atom stereocenters. The highest BCUT2D eigenvalue weighted by Gasteiger charge is 2.12. The van der Waals surface area contributed by atoms with Crippen LogP contribution in [0.5, 0.6) is 17.2 Å². The molecule has 0 aliphatic heterocycles. The van der Waals surface area contributed by atoms with Crippen molar-refractivity contribution < 1.29 is 23.8 Å². The Hall–Kier alpha value is -3.60. The number of benzene rings is 3. The molecule has 3 rings (SSSR count). The average molecular weight is 517 g/mol. The van der Waals surface area contributed by atoms with Crippen molar-refractivity contribution in [3.8, 4) is 17.2 Å². The highest BCUT2D eigenvalue weighted by Crippen LogP contribution is 2.20. The summed E-state index contributed by atoms with van der Waals surface area (Å²) in [5.41, 5.74) is 2.04. The van der Waals surface area contributed by atoms with E-state index in [1.54, 1.807) is 48.5 Å². The van der Waals surface area contributed by atoms with Crippen LogP contribution in [0.15, 0.2) is 72.8 Å². The van der Waals surface area contributed by atoms with Crippen molar-refractivity contribution in [2.24, 2.45) is 0 Å². The summed E-state index contributed by atoms with van der Waals surface area (Å²) in [6.07, 6.45) is 11.9. The van der Waals surface area contributed by atoms with Crippen molar-refractivity contribution >= 4 is 11.9 Å². The lowest BCUT2D eigenvalue weighted by Gasteiger charge is -2.08. The summed E-state index contributed by atoms with van der Waals surface area (Å²) in [6, 6.07) is 20.9. The predicted molar refractivity (Wildman–Crippen MR) is 151 cm³/mol. The summed E-state index contributed by atoms with van der Waals surface area (Å²) in [6.45, 7) is 5.08. The van der Waals surface area contributed by atoms with Gasteiger partial charge in [-0.15, -0.1) is 0 Å². The molecule has 0 spiro atoms. The van der Waals surface area contributed by atoms with E-state index in [0.29, 0.717) is 29.2 Å². The van der Waals surface area contributed by atoms with Crippen molar-refractivity contribution in [2.75, 3.05) is 6.61 Å². The lowest BCUT2D eigenvalue weighted by Crippen LogP contribution is -2.10. The van der Waals surface area contributed by atoms with Gasteiger partial charge in [0.25, 0.3) is 0 Å².